The van der Waals surface area contributed by atoms with Gasteiger partial charge >= 0.3 is 0 Å². The van der Waals surface area contributed by atoms with Crippen LogP contribution in [0.1, 0.15) is 28.4 Å². The van der Waals surface area contributed by atoms with E-state index >= 15 is 0 Å². The van der Waals surface area contributed by atoms with Gasteiger partial charge in [-0.25, -0.2) is 0 Å². The summed E-state index contributed by atoms with van der Waals surface area (Å²) in [5, 5.41) is 11.4. The Bertz CT molecular complexity index is 597. The number of rotatable bonds is 3. The molecule has 0 saturated heterocycles. The van der Waals surface area contributed by atoms with Gasteiger partial charge in [-0.05, 0) is 26.0 Å². The predicted octanol–water partition coefficient (Wildman–Crippen LogP) is 0.545. The van der Waals surface area contributed by atoms with Crippen LogP contribution in [0.25, 0.3) is 0 Å². The van der Waals surface area contributed by atoms with E-state index in [0.717, 1.165) is 5.56 Å². The molecule has 1 unspecified atom stereocenters. The fourth-order valence-corrected chi connectivity index (χ4v) is 1.81. The molecule has 0 aliphatic rings. The van der Waals surface area contributed by atoms with Crippen molar-refractivity contribution in [1.82, 2.24) is 10.2 Å². The zero-order valence-corrected chi connectivity index (χ0v) is 12.7. The van der Waals surface area contributed by atoms with E-state index in [9.17, 15) is 9.59 Å². The average Bonchev–Trinajstić information content (AvgIpc) is 2.44. The summed E-state index contributed by atoms with van der Waals surface area (Å²) in [6.07, 6.45) is 0. The molecule has 1 rings (SSSR count). The van der Waals surface area contributed by atoms with Crippen LogP contribution in [0.15, 0.2) is 18.2 Å². The van der Waals surface area contributed by atoms with Crippen molar-refractivity contribution in [3.63, 3.8) is 0 Å². The summed E-state index contributed by atoms with van der Waals surface area (Å²) in [6, 6.07) is 4.66. The van der Waals surface area contributed by atoms with Gasteiger partial charge in [0.2, 0.25) is 5.91 Å². The smallest absolute Gasteiger partial charge is 0.253 e. The average molecular weight is 288 g/mol. The lowest BCUT2D eigenvalue weighted by Crippen LogP contribution is -2.44. The number of aliphatic hydroxyl groups is 1. The number of nitrogens with one attached hydrogen (secondary N) is 1. The molecule has 21 heavy (non-hydrogen) atoms. The van der Waals surface area contributed by atoms with Crippen LogP contribution in [0.3, 0.4) is 0 Å². The van der Waals surface area contributed by atoms with E-state index < -0.39 is 6.04 Å². The summed E-state index contributed by atoms with van der Waals surface area (Å²) in [5.74, 6) is 4.72. The Hall–Kier alpha value is -2.32. The second-order valence-corrected chi connectivity index (χ2v) is 4.94. The number of likely N-dealkylation sites (N-methyl/N-ethyl adjacent to an activating group) is 1. The number of aliphatic hydroxyl groups excluding tert-OH is 1. The lowest BCUT2D eigenvalue weighted by atomic mass is 10.0. The number of aryl methyl sites for hydroxylation is 1. The Labute approximate surface area is 125 Å². The maximum atomic E-state index is 12.3. The van der Waals surface area contributed by atoms with Crippen molar-refractivity contribution in [3.05, 3.63) is 34.9 Å². The maximum absolute atomic E-state index is 12.3. The first-order chi connectivity index (χ1) is 9.86. The van der Waals surface area contributed by atoms with Gasteiger partial charge in [-0.3, -0.25) is 9.59 Å². The highest BCUT2D eigenvalue weighted by atomic mass is 16.2. The number of amides is 2. The molecular formula is C16H20N2O3. The molecule has 5 nitrogen and oxygen atoms in total. The van der Waals surface area contributed by atoms with E-state index in [0.29, 0.717) is 11.1 Å². The molecule has 5 heteroatoms. The molecule has 1 aromatic carbocycles. The standard InChI is InChI=1S/C16H20N2O3/c1-11-7-8-13(6-5-9-19)14(10-11)15(20)17-12(2)16(21)18(3)4/h7-8,10,12,19H,9H2,1-4H3,(H,17,20). The van der Waals surface area contributed by atoms with Crippen molar-refractivity contribution in [2.45, 2.75) is 19.9 Å². The molecule has 0 spiro atoms. The van der Waals surface area contributed by atoms with Crippen molar-refractivity contribution in [2.75, 3.05) is 20.7 Å². The zero-order valence-electron chi connectivity index (χ0n) is 12.7. The van der Waals surface area contributed by atoms with E-state index in [2.05, 4.69) is 17.2 Å². The summed E-state index contributed by atoms with van der Waals surface area (Å²) in [6.45, 7) is 3.23. The third kappa shape index (κ3) is 4.62. The fraction of sp³-hybridized carbons (Fsp3) is 0.375. The van der Waals surface area contributed by atoms with Crippen LogP contribution in [0, 0.1) is 18.8 Å². The number of benzene rings is 1. The van der Waals surface area contributed by atoms with Crippen molar-refractivity contribution in [1.29, 1.82) is 0 Å². The topological polar surface area (TPSA) is 69.6 Å². The second-order valence-electron chi connectivity index (χ2n) is 4.94. The van der Waals surface area contributed by atoms with E-state index in [-0.39, 0.29) is 18.4 Å². The molecule has 0 fully saturated rings. The molecule has 0 aliphatic carbocycles. The molecule has 112 valence electrons. The first-order valence-electron chi connectivity index (χ1n) is 6.59. The number of nitrogens with zero attached hydrogens (tertiary/aromatic N) is 1. The molecular weight excluding hydrogens is 268 g/mol. The lowest BCUT2D eigenvalue weighted by molar-refractivity contribution is -0.130. The molecule has 0 heterocycles. The summed E-state index contributed by atoms with van der Waals surface area (Å²) in [5.41, 5.74) is 1.84. The van der Waals surface area contributed by atoms with E-state index in [1.807, 2.05) is 13.0 Å². The third-order valence-corrected chi connectivity index (χ3v) is 2.88. The minimum atomic E-state index is -0.619. The van der Waals surface area contributed by atoms with Crippen molar-refractivity contribution in [2.24, 2.45) is 0 Å². The molecule has 0 bridgehead atoms. The lowest BCUT2D eigenvalue weighted by Gasteiger charge is -2.18. The highest BCUT2D eigenvalue weighted by molar-refractivity contribution is 5.99. The van der Waals surface area contributed by atoms with E-state index in [4.69, 9.17) is 5.11 Å². The minimum absolute atomic E-state index is 0.181. The van der Waals surface area contributed by atoms with Crippen molar-refractivity contribution < 1.29 is 14.7 Å². The summed E-state index contributed by atoms with van der Waals surface area (Å²) >= 11 is 0. The number of hydrogen-bond acceptors (Lipinski definition) is 3. The zero-order chi connectivity index (χ0) is 16.0. The Balaban J connectivity index is 3.01. The summed E-state index contributed by atoms with van der Waals surface area (Å²) < 4.78 is 0. The van der Waals surface area contributed by atoms with E-state index in [1.54, 1.807) is 33.2 Å². The van der Waals surface area contributed by atoms with Crippen LogP contribution in [0.2, 0.25) is 0 Å². The Morgan fingerprint density at radius 2 is 2.05 bits per heavy atom. The second kappa shape index (κ2) is 7.46. The third-order valence-electron chi connectivity index (χ3n) is 2.88. The monoisotopic (exact) mass is 288 g/mol. The first kappa shape index (κ1) is 16.7. The number of hydrogen-bond donors (Lipinski definition) is 2. The first-order valence-corrected chi connectivity index (χ1v) is 6.59. The normalized spacial score (nSPS) is 11.1. The maximum Gasteiger partial charge on any atom is 0.253 e. The fourth-order valence-electron chi connectivity index (χ4n) is 1.81. The summed E-state index contributed by atoms with van der Waals surface area (Å²) in [7, 11) is 3.27. The van der Waals surface area contributed by atoms with Gasteiger partial charge in [0.15, 0.2) is 0 Å². The van der Waals surface area contributed by atoms with Crippen LogP contribution < -0.4 is 5.32 Å². The van der Waals surface area contributed by atoms with Gasteiger partial charge in [0.05, 0.1) is 5.56 Å². The molecule has 0 radical (unpaired) electrons. The van der Waals surface area contributed by atoms with Gasteiger partial charge in [-0.1, -0.05) is 23.5 Å². The van der Waals surface area contributed by atoms with Crippen LogP contribution in [-0.4, -0.2) is 48.6 Å². The summed E-state index contributed by atoms with van der Waals surface area (Å²) in [4.78, 5) is 25.5. The molecule has 0 saturated carbocycles. The van der Waals surface area contributed by atoms with Crippen LogP contribution in [0.5, 0.6) is 0 Å². The predicted molar refractivity (Wildman–Crippen MR) is 80.8 cm³/mol. The van der Waals surface area contributed by atoms with Crippen molar-refractivity contribution in [3.8, 4) is 11.8 Å². The minimum Gasteiger partial charge on any atom is -0.384 e. The molecule has 2 N–H and O–H groups in total. The Kier molecular flexibility index (Phi) is 5.94. The molecule has 0 aromatic heterocycles. The van der Waals surface area contributed by atoms with Gasteiger partial charge < -0.3 is 15.3 Å². The van der Waals surface area contributed by atoms with Gasteiger partial charge in [0.1, 0.15) is 12.6 Å². The Morgan fingerprint density at radius 3 is 2.62 bits per heavy atom. The SMILES string of the molecule is Cc1ccc(C#CCO)c(C(=O)NC(C)C(=O)N(C)C)c1. The molecule has 2 amide bonds. The number of carbonyl (C=O) groups excluding carboxylic acids is 2. The van der Waals surface area contributed by atoms with Crippen LogP contribution >= 0.6 is 0 Å². The highest BCUT2D eigenvalue weighted by Crippen LogP contribution is 2.11. The van der Waals surface area contributed by atoms with Gasteiger partial charge in [-0.15, -0.1) is 0 Å². The van der Waals surface area contributed by atoms with Crippen LogP contribution in [-0.2, 0) is 4.79 Å². The quantitative estimate of drug-likeness (QED) is 0.798. The van der Waals surface area contributed by atoms with Gasteiger partial charge in [0.25, 0.3) is 5.91 Å². The molecule has 1 atom stereocenters. The van der Waals surface area contributed by atoms with Gasteiger partial charge in [-0.2, -0.15) is 0 Å². The van der Waals surface area contributed by atoms with E-state index in [1.165, 1.54) is 4.90 Å². The number of carbonyl (C=O) groups is 2. The molecule has 0 aliphatic heterocycles. The van der Waals surface area contributed by atoms with Crippen LogP contribution in [0.4, 0.5) is 0 Å². The van der Waals surface area contributed by atoms with Crippen molar-refractivity contribution >= 4 is 11.8 Å². The largest absolute Gasteiger partial charge is 0.384 e. The Morgan fingerprint density at radius 1 is 1.38 bits per heavy atom. The highest BCUT2D eigenvalue weighted by Gasteiger charge is 2.19. The van der Waals surface area contributed by atoms with Gasteiger partial charge in [0, 0.05) is 19.7 Å². The molecule has 1 aromatic rings.